The van der Waals surface area contributed by atoms with E-state index in [4.69, 9.17) is 9.84 Å². The van der Waals surface area contributed by atoms with Crippen molar-refractivity contribution >= 4 is 17.9 Å². The summed E-state index contributed by atoms with van der Waals surface area (Å²) in [5.41, 5.74) is 2.35. The van der Waals surface area contributed by atoms with Crippen molar-refractivity contribution in [3.8, 4) is 0 Å². The minimum Gasteiger partial charge on any atom is -0.464 e. The number of hydrogen-bond donors (Lipinski definition) is 2. The number of hydrogen-bond acceptors (Lipinski definition) is 3. The molecule has 1 aromatic rings. The van der Waals surface area contributed by atoms with Gasteiger partial charge in [0.1, 0.15) is 0 Å². The van der Waals surface area contributed by atoms with E-state index in [1.54, 1.807) is 37.3 Å². The van der Waals surface area contributed by atoms with E-state index in [2.05, 4.69) is 0 Å². The molecule has 0 saturated carbocycles. The molecule has 0 aliphatic heterocycles. The highest BCUT2D eigenvalue weighted by Gasteiger charge is 2.18. The summed E-state index contributed by atoms with van der Waals surface area (Å²) in [5, 5.41) is 9.43. The minimum atomic E-state index is -1.34. The summed E-state index contributed by atoms with van der Waals surface area (Å²) in [4.78, 5) is 22.0. The second-order valence-corrected chi connectivity index (χ2v) is 2.79. The first kappa shape index (κ1) is 11.8. The number of hydrazine groups is 1. The zero-order chi connectivity index (χ0) is 12.0. The maximum Gasteiger partial charge on any atom is 0.433 e. The van der Waals surface area contributed by atoms with Crippen LogP contribution in [-0.2, 0) is 4.74 Å². The van der Waals surface area contributed by atoms with Crippen molar-refractivity contribution in [2.75, 3.05) is 11.6 Å². The molecule has 0 spiro atoms. The Morgan fingerprint density at radius 2 is 2.00 bits per heavy atom. The molecule has 0 aromatic heterocycles. The second-order valence-electron chi connectivity index (χ2n) is 2.79. The number of carbonyl (C=O) groups is 2. The van der Waals surface area contributed by atoms with Gasteiger partial charge in [-0.3, -0.25) is 0 Å². The van der Waals surface area contributed by atoms with Gasteiger partial charge in [0.15, 0.2) is 0 Å². The molecule has 0 fully saturated rings. The molecule has 0 aliphatic rings. The fraction of sp³-hybridized carbons (Fsp3) is 0.200. The Morgan fingerprint density at radius 3 is 2.50 bits per heavy atom. The van der Waals surface area contributed by atoms with E-state index in [-0.39, 0.29) is 6.61 Å². The molecule has 1 aromatic carbocycles. The summed E-state index contributed by atoms with van der Waals surface area (Å²) < 4.78 is 4.72. The third-order valence-corrected chi connectivity index (χ3v) is 1.67. The SMILES string of the molecule is CCOC(=O)N(NC(=O)O)c1ccccc1. The van der Waals surface area contributed by atoms with Gasteiger partial charge in [0.05, 0.1) is 12.3 Å². The molecule has 6 nitrogen and oxygen atoms in total. The standard InChI is InChI=1S/C10H12N2O4/c1-2-16-10(15)12(11-9(13)14)8-6-4-3-5-7-8/h3-7,11H,2H2,1H3,(H,13,14). The van der Waals surface area contributed by atoms with Crippen molar-refractivity contribution in [1.82, 2.24) is 5.43 Å². The predicted octanol–water partition coefficient (Wildman–Crippen LogP) is 1.83. The van der Waals surface area contributed by atoms with E-state index in [0.717, 1.165) is 5.01 Å². The van der Waals surface area contributed by atoms with Crippen LogP contribution in [0.5, 0.6) is 0 Å². The average molecular weight is 224 g/mol. The summed E-state index contributed by atoms with van der Waals surface area (Å²) in [6.07, 6.45) is -2.10. The molecule has 86 valence electrons. The topological polar surface area (TPSA) is 78.9 Å². The number of carboxylic acid groups (broad SMARTS) is 1. The number of nitrogens with zero attached hydrogens (tertiary/aromatic N) is 1. The van der Waals surface area contributed by atoms with Gasteiger partial charge in [0, 0.05) is 0 Å². The largest absolute Gasteiger partial charge is 0.464 e. The molecule has 0 unspecified atom stereocenters. The van der Waals surface area contributed by atoms with E-state index in [1.807, 2.05) is 5.43 Å². The first-order chi connectivity index (χ1) is 7.65. The van der Waals surface area contributed by atoms with Crippen molar-refractivity contribution in [3.63, 3.8) is 0 Å². The number of para-hydroxylation sites is 1. The summed E-state index contributed by atoms with van der Waals surface area (Å²) in [6.45, 7) is 1.81. The molecular weight excluding hydrogens is 212 g/mol. The van der Waals surface area contributed by atoms with Crippen LogP contribution >= 0.6 is 0 Å². The van der Waals surface area contributed by atoms with Crippen molar-refractivity contribution in [2.45, 2.75) is 6.92 Å². The molecule has 2 amide bonds. The van der Waals surface area contributed by atoms with Gasteiger partial charge in [-0.1, -0.05) is 18.2 Å². The van der Waals surface area contributed by atoms with Gasteiger partial charge >= 0.3 is 12.2 Å². The van der Waals surface area contributed by atoms with E-state index in [0.29, 0.717) is 5.69 Å². The Labute approximate surface area is 92.4 Å². The molecule has 0 heterocycles. The van der Waals surface area contributed by atoms with Crippen molar-refractivity contribution in [1.29, 1.82) is 0 Å². The van der Waals surface area contributed by atoms with Gasteiger partial charge in [0.25, 0.3) is 0 Å². The highest BCUT2D eigenvalue weighted by atomic mass is 16.6. The molecule has 0 atom stereocenters. The van der Waals surface area contributed by atoms with Crippen LogP contribution in [0.4, 0.5) is 15.3 Å². The van der Waals surface area contributed by atoms with Gasteiger partial charge in [-0.15, -0.1) is 0 Å². The second kappa shape index (κ2) is 5.59. The molecule has 0 bridgehead atoms. The Bertz CT molecular complexity index is 366. The van der Waals surface area contributed by atoms with Crippen LogP contribution in [0.1, 0.15) is 6.92 Å². The minimum absolute atomic E-state index is 0.170. The summed E-state index contributed by atoms with van der Waals surface area (Å²) in [7, 11) is 0. The fourth-order valence-corrected chi connectivity index (χ4v) is 1.08. The first-order valence-corrected chi connectivity index (χ1v) is 4.66. The van der Waals surface area contributed by atoms with Crippen LogP contribution in [0.3, 0.4) is 0 Å². The Balaban J connectivity index is 2.87. The van der Waals surface area contributed by atoms with E-state index >= 15 is 0 Å². The molecule has 0 aliphatic carbocycles. The number of benzene rings is 1. The lowest BCUT2D eigenvalue weighted by Crippen LogP contribution is -2.46. The van der Waals surface area contributed by atoms with Gasteiger partial charge in [-0.25, -0.2) is 15.0 Å². The van der Waals surface area contributed by atoms with E-state index < -0.39 is 12.2 Å². The maximum absolute atomic E-state index is 11.5. The number of carbonyl (C=O) groups excluding carboxylic acids is 1. The number of anilines is 1. The smallest absolute Gasteiger partial charge is 0.433 e. The van der Waals surface area contributed by atoms with E-state index in [9.17, 15) is 9.59 Å². The van der Waals surface area contributed by atoms with Crippen LogP contribution in [0.15, 0.2) is 30.3 Å². The fourth-order valence-electron chi connectivity index (χ4n) is 1.08. The number of ether oxygens (including phenoxy) is 1. The third kappa shape index (κ3) is 3.16. The van der Waals surface area contributed by atoms with Gasteiger partial charge in [-0.2, -0.15) is 5.01 Å². The van der Waals surface area contributed by atoms with Crippen molar-refractivity contribution < 1.29 is 19.4 Å². The molecule has 6 heteroatoms. The van der Waals surface area contributed by atoms with Crippen LogP contribution < -0.4 is 10.4 Å². The van der Waals surface area contributed by atoms with Gasteiger partial charge in [0.2, 0.25) is 0 Å². The summed E-state index contributed by atoms with van der Waals surface area (Å²) in [6, 6.07) is 8.31. The van der Waals surface area contributed by atoms with Crippen molar-refractivity contribution in [2.24, 2.45) is 0 Å². The molecule has 2 N–H and O–H groups in total. The van der Waals surface area contributed by atoms with Gasteiger partial charge in [-0.05, 0) is 19.1 Å². The normalized spacial score (nSPS) is 9.31. The van der Waals surface area contributed by atoms with Crippen LogP contribution in [0.2, 0.25) is 0 Å². The molecule has 1 rings (SSSR count). The molecule has 0 radical (unpaired) electrons. The average Bonchev–Trinajstić information content (AvgIpc) is 2.27. The lowest BCUT2D eigenvalue weighted by molar-refractivity contribution is 0.152. The molecule has 0 saturated heterocycles. The van der Waals surface area contributed by atoms with Crippen LogP contribution in [0.25, 0.3) is 0 Å². The quantitative estimate of drug-likeness (QED) is 0.751. The maximum atomic E-state index is 11.5. The first-order valence-electron chi connectivity index (χ1n) is 4.66. The Kier molecular flexibility index (Phi) is 4.14. The lowest BCUT2D eigenvalue weighted by atomic mass is 10.3. The van der Waals surface area contributed by atoms with Gasteiger partial charge < -0.3 is 9.84 Å². The third-order valence-electron chi connectivity index (χ3n) is 1.67. The highest BCUT2D eigenvalue weighted by Crippen LogP contribution is 2.11. The number of amides is 2. The lowest BCUT2D eigenvalue weighted by Gasteiger charge is -2.20. The number of nitrogens with one attached hydrogen (secondary N) is 1. The molecular formula is C10H12N2O4. The summed E-state index contributed by atoms with van der Waals surface area (Å²) in [5.74, 6) is 0. The zero-order valence-electron chi connectivity index (χ0n) is 8.71. The Hall–Kier alpha value is -2.24. The predicted molar refractivity (Wildman–Crippen MR) is 57.1 cm³/mol. The van der Waals surface area contributed by atoms with Crippen LogP contribution in [0, 0.1) is 0 Å². The highest BCUT2D eigenvalue weighted by molar-refractivity contribution is 5.90. The zero-order valence-corrected chi connectivity index (χ0v) is 8.71. The molecule has 16 heavy (non-hydrogen) atoms. The summed E-state index contributed by atoms with van der Waals surface area (Å²) >= 11 is 0. The monoisotopic (exact) mass is 224 g/mol. The Morgan fingerprint density at radius 1 is 1.38 bits per heavy atom. The van der Waals surface area contributed by atoms with Crippen LogP contribution in [-0.4, -0.2) is 23.9 Å². The van der Waals surface area contributed by atoms with Crippen molar-refractivity contribution in [3.05, 3.63) is 30.3 Å². The number of rotatable bonds is 2. The van der Waals surface area contributed by atoms with E-state index in [1.165, 1.54) is 0 Å².